The molecule has 0 saturated carbocycles. The molecule has 0 unspecified atom stereocenters. The van der Waals surface area contributed by atoms with Crippen LogP contribution in [0.3, 0.4) is 0 Å². The van der Waals surface area contributed by atoms with Gasteiger partial charge < -0.3 is 16.0 Å². The Morgan fingerprint density at radius 1 is 1.11 bits per heavy atom. The number of pyridine rings is 1. The molecule has 2 aromatic heterocycles. The highest BCUT2D eigenvalue weighted by atomic mass is 35.5. The lowest BCUT2D eigenvalue weighted by Gasteiger charge is -2.11. The van der Waals surface area contributed by atoms with Crippen LogP contribution in [0.5, 0.6) is 0 Å². The van der Waals surface area contributed by atoms with Gasteiger partial charge in [-0.05, 0) is 41.8 Å². The standard InChI is InChI=1S/C19H17ClN4O2S/c1-21-18(25)16-12(3-2-9-22-16)11-23-15-8-10-27-17(15)19(26)24-14-6-4-13(20)5-7-14/h2-10,23H,11H2,1H3,(H,21,25)(H,24,26). The minimum absolute atomic E-state index is 0.215. The first-order valence-electron chi connectivity index (χ1n) is 8.12. The van der Waals surface area contributed by atoms with E-state index >= 15 is 0 Å². The number of carbonyl (C=O) groups is 2. The van der Waals surface area contributed by atoms with E-state index in [9.17, 15) is 9.59 Å². The van der Waals surface area contributed by atoms with Crippen molar-refractivity contribution >= 4 is 46.1 Å². The van der Waals surface area contributed by atoms with Crippen molar-refractivity contribution in [3.63, 3.8) is 0 Å². The number of carbonyl (C=O) groups excluding carboxylic acids is 2. The third-order valence-corrected chi connectivity index (χ3v) is 4.94. The Bertz CT molecular complexity index is 956. The lowest BCUT2D eigenvalue weighted by Crippen LogP contribution is -2.22. The second-order valence-electron chi connectivity index (χ2n) is 5.57. The highest BCUT2D eigenvalue weighted by Crippen LogP contribution is 2.25. The number of hydrogen-bond donors (Lipinski definition) is 3. The molecular weight excluding hydrogens is 384 g/mol. The monoisotopic (exact) mass is 400 g/mol. The van der Waals surface area contributed by atoms with E-state index in [-0.39, 0.29) is 11.8 Å². The number of halogens is 1. The first kappa shape index (κ1) is 18.9. The average molecular weight is 401 g/mol. The van der Waals surface area contributed by atoms with E-state index in [1.165, 1.54) is 11.3 Å². The molecule has 0 atom stereocenters. The zero-order valence-corrected chi connectivity index (χ0v) is 16.0. The predicted octanol–water partition coefficient (Wildman–Crippen LogP) is 4.02. The van der Waals surface area contributed by atoms with E-state index in [0.29, 0.717) is 33.5 Å². The number of nitrogens with zero attached hydrogens (tertiary/aromatic N) is 1. The van der Waals surface area contributed by atoms with Crippen LogP contribution in [-0.4, -0.2) is 23.8 Å². The van der Waals surface area contributed by atoms with Crippen LogP contribution >= 0.6 is 22.9 Å². The predicted molar refractivity (Wildman–Crippen MR) is 109 cm³/mol. The number of nitrogens with one attached hydrogen (secondary N) is 3. The van der Waals surface area contributed by atoms with E-state index < -0.39 is 0 Å². The van der Waals surface area contributed by atoms with Gasteiger partial charge in [0, 0.05) is 36.1 Å². The number of rotatable bonds is 6. The Kier molecular flexibility index (Phi) is 6.05. The van der Waals surface area contributed by atoms with Gasteiger partial charge in [0.05, 0.1) is 5.69 Å². The van der Waals surface area contributed by atoms with E-state index in [0.717, 1.165) is 5.56 Å². The summed E-state index contributed by atoms with van der Waals surface area (Å²) in [6, 6.07) is 12.3. The van der Waals surface area contributed by atoms with Crippen LogP contribution in [0.2, 0.25) is 5.02 Å². The number of amides is 2. The fourth-order valence-corrected chi connectivity index (χ4v) is 3.33. The molecule has 0 aliphatic carbocycles. The van der Waals surface area contributed by atoms with E-state index in [2.05, 4.69) is 20.9 Å². The Labute approximate surface area is 165 Å². The third kappa shape index (κ3) is 4.64. The molecule has 0 saturated heterocycles. The fourth-order valence-electron chi connectivity index (χ4n) is 2.44. The molecule has 0 aliphatic heterocycles. The van der Waals surface area contributed by atoms with Crippen molar-refractivity contribution in [2.45, 2.75) is 6.54 Å². The second-order valence-corrected chi connectivity index (χ2v) is 6.92. The summed E-state index contributed by atoms with van der Waals surface area (Å²) in [6.07, 6.45) is 1.57. The molecule has 3 aromatic rings. The number of aromatic nitrogens is 1. The first-order chi connectivity index (χ1) is 13.1. The van der Waals surface area contributed by atoms with Crippen LogP contribution < -0.4 is 16.0 Å². The van der Waals surface area contributed by atoms with Crippen molar-refractivity contribution in [1.82, 2.24) is 10.3 Å². The van der Waals surface area contributed by atoms with Gasteiger partial charge in [-0.25, -0.2) is 0 Å². The van der Waals surface area contributed by atoms with Gasteiger partial charge in [-0.2, -0.15) is 0 Å². The molecule has 0 aliphatic rings. The maximum Gasteiger partial charge on any atom is 0.269 e. The summed E-state index contributed by atoms with van der Waals surface area (Å²) in [5.74, 6) is -0.467. The normalized spacial score (nSPS) is 10.3. The number of hydrogen-bond acceptors (Lipinski definition) is 5. The Balaban J connectivity index is 1.71. The molecule has 2 amide bonds. The highest BCUT2D eigenvalue weighted by Gasteiger charge is 2.15. The highest BCUT2D eigenvalue weighted by molar-refractivity contribution is 7.12. The molecule has 3 N–H and O–H groups in total. The van der Waals surface area contributed by atoms with Crippen molar-refractivity contribution in [3.8, 4) is 0 Å². The molecular formula is C19H17ClN4O2S. The second kappa shape index (κ2) is 8.66. The molecule has 8 heteroatoms. The van der Waals surface area contributed by atoms with E-state index in [1.807, 2.05) is 17.5 Å². The lowest BCUT2D eigenvalue weighted by molar-refractivity contribution is 0.0956. The summed E-state index contributed by atoms with van der Waals surface area (Å²) in [5.41, 5.74) is 2.46. The van der Waals surface area contributed by atoms with Crippen molar-refractivity contribution in [2.75, 3.05) is 17.7 Å². The first-order valence-corrected chi connectivity index (χ1v) is 9.38. The average Bonchev–Trinajstić information content (AvgIpc) is 3.16. The summed E-state index contributed by atoms with van der Waals surface area (Å²) < 4.78 is 0. The van der Waals surface area contributed by atoms with Crippen LogP contribution in [0, 0.1) is 0 Å². The Hall–Kier alpha value is -2.90. The van der Waals surface area contributed by atoms with Gasteiger partial charge in [0.15, 0.2) is 0 Å². The summed E-state index contributed by atoms with van der Waals surface area (Å²) in [4.78, 5) is 29.2. The van der Waals surface area contributed by atoms with Crippen LogP contribution in [0.15, 0.2) is 54.0 Å². The van der Waals surface area contributed by atoms with Crippen LogP contribution in [-0.2, 0) is 6.54 Å². The van der Waals surface area contributed by atoms with Gasteiger partial charge in [-0.3, -0.25) is 14.6 Å². The number of thiophene rings is 1. The van der Waals surface area contributed by atoms with Crippen LogP contribution in [0.4, 0.5) is 11.4 Å². The lowest BCUT2D eigenvalue weighted by atomic mass is 10.1. The van der Waals surface area contributed by atoms with Gasteiger partial charge in [-0.1, -0.05) is 17.7 Å². The van der Waals surface area contributed by atoms with Crippen molar-refractivity contribution < 1.29 is 9.59 Å². The zero-order valence-electron chi connectivity index (χ0n) is 14.5. The molecule has 0 radical (unpaired) electrons. The minimum Gasteiger partial charge on any atom is -0.380 e. The maximum absolute atomic E-state index is 12.6. The fraction of sp³-hybridized carbons (Fsp3) is 0.105. The molecule has 0 spiro atoms. The molecule has 0 bridgehead atoms. The largest absolute Gasteiger partial charge is 0.380 e. The maximum atomic E-state index is 12.6. The molecule has 27 heavy (non-hydrogen) atoms. The van der Waals surface area contributed by atoms with Gasteiger partial charge >= 0.3 is 0 Å². The smallest absolute Gasteiger partial charge is 0.269 e. The van der Waals surface area contributed by atoms with E-state index in [1.54, 1.807) is 43.6 Å². The quantitative estimate of drug-likeness (QED) is 0.583. The van der Waals surface area contributed by atoms with Crippen LogP contribution in [0.25, 0.3) is 0 Å². The number of benzene rings is 1. The molecule has 2 heterocycles. The molecule has 6 nitrogen and oxygen atoms in total. The van der Waals surface area contributed by atoms with Crippen molar-refractivity contribution in [2.24, 2.45) is 0 Å². The van der Waals surface area contributed by atoms with Crippen LogP contribution in [0.1, 0.15) is 25.7 Å². The van der Waals surface area contributed by atoms with Gasteiger partial charge in [0.2, 0.25) is 0 Å². The van der Waals surface area contributed by atoms with Gasteiger partial charge in [-0.15, -0.1) is 11.3 Å². The molecule has 3 rings (SSSR count). The summed E-state index contributed by atoms with van der Waals surface area (Å²) in [6.45, 7) is 0.370. The summed E-state index contributed by atoms with van der Waals surface area (Å²) >= 11 is 7.20. The van der Waals surface area contributed by atoms with Crippen molar-refractivity contribution in [3.05, 3.63) is 75.2 Å². The Morgan fingerprint density at radius 3 is 2.63 bits per heavy atom. The molecule has 0 fully saturated rings. The SMILES string of the molecule is CNC(=O)c1ncccc1CNc1ccsc1C(=O)Nc1ccc(Cl)cc1. The Morgan fingerprint density at radius 2 is 1.89 bits per heavy atom. The summed E-state index contributed by atoms with van der Waals surface area (Å²) in [5, 5.41) is 11.1. The van der Waals surface area contributed by atoms with E-state index in [4.69, 9.17) is 11.6 Å². The molecule has 1 aromatic carbocycles. The topological polar surface area (TPSA) is 83.1 Å². The minimum atomic E-state index is -0.251. The van der Waals surface area contributed by atoms with Crippen molar-refractivity contribution in [1.29, 1.82) is 0 Å². The number of anilines is 2. The third-order valence-electron chi connectivity index (χ3n) is 3.78. The van der Waals surface area contributed by atoms with Gasteiger partial charge in [0.25, 0.3) is 11.8 Å². The zero-order chi connectivity index (χ0) is 19.2. The van der Waals surface area contributed by atoms with Gasteiger partial charge in [0.1, 0.15) is 10.6 Å². The molecule has 138 valence electrons. The summed E-state index contributed by atoms with van der Waals surface area (Å²) in [7, 11) is 1.56.